The number of rotatable bonds is 4. The first kappa shape index (κ1) is 10.1. The third kappa shape index (κ3) is 3.06. The first-order chi connectivity index (χ1) is 6.24. The largest absolute Gasteiger partial charge is 0.507 e. The number of thiophene rings is 1. The molecule has 0 atom stereocenters. The lowest BCUT2D eigenvalue weighted by atomic mass is 10.2. The molecule has 0 saturated carbocycles. The van der Waals surface area contributed by atoms with Gasteiger partial charge in [-0.1, -0.05) is 0 Å². The van der Waals surface area contributed by atoms with Crippen LogP contribution >= 0.6 is 11.3 Å². The van der Waals surface area contributed by atoms with E-state index in [1.165, 1.54) is 11.3 Å². The van der Waals surface area contributed by atoms with Crippen LogP contribution in [0.3, 0.4) is 0 Å². The predicted molar refractivity (Wildman–Crippen MR) is 53.0 cm³/mol. The van der Waals surface area contributed by atoms with Crippen molar-refractivity contribution in [2.24, 2.45) is 0 Å². The standard InChI is InChI=1S/C9H13NO2S/c1-10-9(12)4-2-3-8-7(11)5-6-13-8/h5-6,11H,2-4H2,1H3,(H,10,12). The molecule has 0 saturated heterocycles. The molecular weight excluding hydrogens is 186 g/mol. The molecular formula is C9H13NO2S. The van der Waals surface area contributed by atoms with Crippen molar-refractivity contribution >= 4 is 17.2 Å². The summed E-state index contributed by atoms with van der Waals surface area (Å²) in [5.41, 5.74) is 0. The zero-order valence-electron chi connectivity index (χ0n) is 7.54. The van der Waals surface area contributed by atoms with Gasteiger partial charge in [-0.2, -0.15) is 0 Å². The minimum atomic E-state index is 0.0519. The van der Waals surface area contributed by atoms with Gasteiger partial charge in [0.15, 0.2) is 0 Å². The summed E-state index contributed by atoms with van der Waals surface area (Å²) in [5.74, 6) is 0.401. The summed E-state index contributed by atoms with van der Waals surface area (Å²) in [6.45, 7) is 0. The Morgan fingerprint density at radius 2 is 2.46 bits per heavy atom. The van der Waals surface area contributed by atoms with Gasteiger partial charge in [0.1, 0.15) is 5.75 Å². The van der Waals surface area contributed by atoms with Gasteiger partial charge in [-0.05, 0) is 24.3 Å². The van der Waals surface area contributed by atoms with Crippen LogP contribution in [0.1, 0.15) is 17.7 Å². The second kappa shape index (κ2) is 4.87. The third-order valence-corrected chi connectivity index (χ3v) is 2.78. The van der Waals surface area contributed by atoms with Gasteiger partial charge >= 0.3 is 0 Å². The maximum Gasteiger partial charge on any atom is 0.219 e. The molecule has 0 aliphatic heterocycles. The second-order valence-electron chi connectivity index (χ2n) is 2.76. The molecule has 1 heterocycles. The number of aryl methyl sites for hydroxylation is 1. The lowest BCUT2D eigenvalue weighted by Crippen LogP contribution is -2.17. The lowest BCUT2D eigenvalue weighted by Gasteiger charge is -1.98. The molecule has 0 radical (unpaired) electrons. The Kier molecular flexibility index (Phi) is 3.76. The monoisotopic (exact) mass is 199 g/mol. The Hall–Kier alpha value is -1.03. The van der Waals surface area contributed by atoms with Crippen molar-refractivity contribution in [1.82, 2.24) is 5.32 Å². The van der Waals surface area contributed by atoms with E-state index in [1.54, 1.807) is 13.1 Å². The van der Waals surface area contributed by atoms with Gasteiger partial charge in [0.25, 0.3) is 0 Å². The number of amides is 1. The van der Waals surface area contributed by atoms with Crippen molar-refractivity contribution in [3.63, 3.8) is 0 Å². The molecule has 1 aromatic heterocycles. The fourth-order valence-corrected chi connectivity index (χ4v) is 1.87. The normalized spacial score (nSPS) is 9.92. The van der Waals surface area contributed by atoms with E-state index in [0.717, 1.165) is 17.7 Å². The van der Waals surface area contributed by atoms with Crippen molar-refractivity contribution in [3.05, 3.63) is 16.3 Å². The zero-order chi connectivity index (χ0) is 9.68. The smallest absolute Gasteiger partial charge is 0.219 e. The van der Waals surface area contributed by atoms with Crippen LogP contribution in [0.15, 0.2) is 11.4 Å². The van der Waals surface area contributed by atoms with Crippen LogP contribution in [0.4, 0.5) is 0 Å². The predicted octanol–water partition coefficient (Wildman–Crippen LogP) is 1.52. The van der Waals surface area contributed by atoms with E-state index in [0.29, 0.717) is 12.2 Å². The van der Waals surface area contributed by atoms with Gasteiger partial charge in [0, 0.05) is 18.3 Å². The number of nitrogens with one attached hydrogen (secondary N) is 1. The van der Waals surface area contributed by atoms with Crippen LogP contribution in [0.5, 0.6) is 5.75 Å². The maximum atomic E-state index is 10.9. The average Bonchev–Trinajstić information content (AvgIpc) is 2.52. The number of aromatic hydroxyl groups is 1. The molecule has 0 aliphatic rings. The summed E-state index contributed by atoms with van der Waals surface area (Å²) < 4.78 is 0. The summed E-state index contributed by atoms with van der Waals surface area (Å²) in [5, 5.41) is 13.7. The topological polar surface area (TPSA) is 49.3 Å². The molecule has 0 aromatic carbocycles. The van der Waals surface area contributed by atoms with Crippen LogP contribution in [0, 0.1) is 0 Å². The summed E-state index contributed by atoms with van der Waals surface area (Å²) in [6.07, 6.45) is 2.08. The van der Waals surface area contributed by atoms with Gasteiger partial charge < -0.3 is 10.4 Å². The first-order valence-electron chi connectivity index (χ1n) is 4.20. The van der Waals surface area contributed by atoms with Crippen molar-refractivity contribution in [2.75, 3.05) is 7.05 Å². The van der Waals surface area contributed by atoms with Gasteiger partial charge in [-0.3, -0.25) is 4.79 Å². The maximum absolute atomic E-state index is 10.9. The molecule has 2 N–H and O–H groups in total. The number of hydrogen-bond donors (Lipinski definition) is 2. The zero-order valence-corrected chi connectivity index (χ0v) is 8.36. The van der Waals surface area contributed by atoms with E-state index in [9.17, 15) is 9.90 Å². The summed E-state index contributed by atoms with van der Waals surface area (Å²) in [4.78, 5) is 11.8. The van der Waals surface area contributed by atoms with Crippen LogP contribution in [-0.2, 0) is 11.2 Å². The van der Waals surface area contributed by atoms with Crippen molar-refractivity contribution in [2.45, 2.75) is 19.3 Å². The molecule has 3 nitrogen and oxygen atoms in total. The van der Waals surface area contributed by atoms with Crippen LogP contribution in [-0.4, -0.2) is 18.1 Å². The molecule has 72 valence electrons. The van der Waals surface area contributed by atoms with Crippen molar-refractivity contribution < 1.29 is 9.90 Å². The third-order valence-electron chi connectivity index (χ3n) is 1.81. The van der Waals surface area contributed by atoms with E-state index in [2.05, 4.69) is 5.32 Å². The Labute approximate surface area is 81.4 Å². The number of carbonyl (C=O) groups is 1. The quantitative estimate of drug-likeness (QED) is 0.772. The first-order valence-corrected chi connectivity index (χ1v) is 5.08. The highest BCUT2D eigenvalue weighted by atomic mass is 32.1. The highest BCUT2D eigenvalue weighted by Crippen LogP contribution is 2.24. The Balaban J connectivity index is 2.28. The van der Waals surface area contributed by atoms with Crippen molar-refractivity contribution in [3.8, 4) is 5.75 Å². The molecule has 13 heavy (non-hydrogen) atoms. The number of hydrogen-bond acceptors (Lipinski definition) is 3. The lowest BCUT2D eigenvalue weighted by molar-refractivity contribution is -0.120. The molecule has 0 fully saturated rings. The molecule has 4 heteroatoms. The minimum Gasteiger partial charge on any atom is -0.507 e. The van der Waals surface area contributed by atoms with Crippen LogP contribution < -0.4 is 5.32 Å². The van der Waals surface area contributed by atoms with Crippen molar-refractivity contribution in [1.29, 1.82) is 0 Å². The molecule has 0 aliphatic carbocycles. The molecule has 1 aromatic rings. The highest BCUT2D eigenvalue weighted by Gasteiger charge is 2.03. The molecule has 1 amide bonds. The Morgan fingerprint density at radius 1 is 1.69 bits per heavy atom. The molecule has 0 unspecified atom stereocenters. The van der Waals surface area contributed by atoms with E-state index >= 15 is 0 Å². The Morgan fingerprint density at radius 3 is 3.00 bits per heavy atom. The van der Waals surface area contributed by atoms with Crippen LogP contribution in [0.2, 0.25) is 0 Å². The van der Waals surface area contributed by atoms with Gasteiger partial charge in [-0.25, -0.2) is 0 Å². The van der Waals surface area contributed by atoms with Gasteiger partial charge in [-0.15, -0.1) is 11.3 Å². The van der Waals surface area contributed by atoms with E-state index in [4.69, 9.17) is 0 Å². The highest BCUT2D eigenvalue weighted by molar-refractivity contribution is 7.10. The summed E-state index contributed by atoms with van der Waals surface area (Å²) >= 11 is 1.53. The second-order valence-corrected chi connectivity index (χ2v) is 3.76. The summed E-state index contributed by atoms with van der Waals surface area (Å²) in [7, 11) is 1.63. The molecule has 0 bridgehead atoms. The minimum absolute atomic E-state index is 0.0519. The van der Waals surface area contributed by atoms with Crippen LogP contribution in [0.25, 0.3) is 0 Å². The van der Waals surface area contributed by atoms with E-state index in [-0.39, 0.29) is 5.91 Å². The van der Waals surface area contributed by atoms with Gasteiger partial charge in [0.05, 0.1) is 0 Å². The molecule has 1 rings (SSSR count). The van der Waals surface area contributed by atoms with Gasteiger partial charge in [0.2, 0.25) is 5.91 Å². The fourth-order valence-electron chi connectivity index (χ4n) is 1.06. The fraction of sp³-hybridized carbons (Fsp3) is 0.444. The number of carbonyl (C=O) groups excluding carboxylic acids is 1. The average molecular weight is 199 g/mol. The SMILES string of the molecule is CNC(=O)CCCc1sccc1O. The molecule has 0 spiro atoms. The Bertz CT molecular complexity index is 283. The summed E-state index contributed by atoms with van der Waals surface area (Å²) in [6, 6.07) is 1.68. The van der Waals surface area contributed by atoms with E-state index in [1.807, 2.05) is 5.38 Å². The van der Waals surface area contributed by atoms with E-state index < -0.39 is 0 Å².